The van der Waals surface area contributed by atoms with Crippen LogP contribution >= 0.6 is 0 Å². The molecule has 0 bridgehead atoms. The van der Waals surface area contributed by atoms with Gasteiger partial charge in [-0.3, -0.25) is 9.59 Å². The van der Waals surface area contributed by atoms with Gasteiger partial charge in [0.05, 0.1) is 0 Å². The maximum Gasteiger partial charge on any atom is 0.303 e. The monoisotopic (exact) mass is 572 g/mol. The van der Waals surface area contributed by atoms with E-state index in [-0.39, 0.29) is 40.8 Å². The first-order chi connectivity index (χ1) is 13.7. The standard InChI is InChI=1S/2C10H20O2.C6H14.Nd/c2*1-10(2,3)8-6-4-5-7-9(11)12;1-3-5-6-4-2;/h2*4-8H2,1-3H3,(H,11,12);3-6H2,1-2H3;. The smallest absolute Gasteiger partial charge is 0.303 e. The molecule has 0 aromatic rings. The molecule has 5 heteroatoms. The fourth-order valence-electron chi connectivity index (χ4n) is 2.72. The second-order valence-corrected chi connectivity index (χ2v) is 10.7. The van der Waals surface area contributed by atoms with Crippen molar-refractivity contribution in [2.24, 2.45) is 10.8 Å². The number of aliphatic carboxylic acids is 2. The van der Waals surface area contributed by atoms with Crippen molar-refractivity contribution in [3.05, 3.63) is 0 Å². The van der Waals surface area contributed by atoms with E-state index in [1.165, 1.54) is 38.5 Å². The number of hydrogen-bond acceptors (Lipinski definition) is 2. The van der Waals surface area contributed by atoms with E-state index in [1.807, 2.05) is 0 Å². The molecule has 186 valence electrons. The normalized spacial score (nSPS) is 10.7. The fourth-order valence-corrected chi connectivity index (χ4v) is 2.72. The molecule has 0 aliphatic carbocycles. The molecule has 0 aliphatic rings. The molecule has 0 atom stereocenters. The van der Waals surface area contributed by atoms with Crippen LogP contribution in [0.1, 0.15) is 145 Å². The third-order valence-corrected chi connectivity index (χ3v) is 4.59. The van der Waals surface area contributed by atoms with Gasteiger partial charge in [-0.1, -0.05) is 107 Å². The molecule has 0 unspecified atom stereocenters. The van der Waals surface area contributed by atoms with Crippen molar-refractivity contribution < 1.29 is 60.6 Å². The Labute approximate surface area is 227 Å². The van der Waals surface area contributed by atoms with Crippen molar-refractivity contribution in [2.45, 2.75) is 145 Å². The summed E-state index contributed by atoms with van der Waals surface area (Å²) in [6.07, 6.45) is 14.6. The molecule has 0 radical (unpaired) electrons. The van der Waals surface area contributed by atoms with E-state index in [0.29, 0.717) is 23.7 Å². The summed E-state index contributed by atoms with van der Waals surface area (Å²) >= 11 is 0. The Morgan fingerprint density at radius 1 is 0.548 bits per heavy atom. The topological polar surface area (TPSA) is 74.6 Å². The van der Waals surface area contributed by atoms with Gasteiger partial charge in [0.25, 0.3) is 0 Å². The van der Waals surface area contributed by atoms with Gasteiger partial charge in [-0.15, -0.1) is 0 Å². The molecule has 0 fully saturated rings. The minimum Gasteiger partial charge on any atom is -0.481 e. The first kappa shape index (κ1) is 38.5. The van der Waals surface area contributed by atoms with Crippen LogP contribution in [-0.2, 0) is 9.59 Å². The maximum atomic E-state index is 10.2. The molecular formula is C26H54NdO4. The SMILES string of the molecule is CC(C)(C)CCCCCC(=O)O.CC(C)(C)CCCCCC(=O)O.CCCCCC.[Nd]. The Hall–Kier alpha value is 0.291. The summed E-state index contributed by atoms with van der Waals surface area (Å²) in [6, 6.07) is 0. The second-order valence-electron chi connectivity index (χ2n) is 10.7. The van der Waals surface area contributed by atoms with Gasteiger partial charge in [0.2, 0.25) is 0 Å². The number of carboxylic acid groups (broad SMARTS) is 2. The Morgan fingerprint density at radius 2 is 0.839 bits per heavy atom. The summed E-state index contributed by atoms with van der Waals surface area (Å²) in [5, 5.41) is 16.7. The van der Waals surface area contributed by atoms with Crippen molar-refractivity contribution in [2.75, 3.05) is 0 Å². The summed E-state index contributed by atoms with van der Waals surface area (Å²) in [5.41, 5.74) is 0.784. The molecule has 0 saturated carbocycles. The molecule has 2 N–H and O–H groups in total. The average Bonchev–Trinajstić information content (AvgIpc) is 2.58. The number of carboxylic acids is 2. The summed E-state index contributed by atoms with van der Waals surface area (Å²) in [5.74, 6) is -1.35. The largest absolute Gasteiger partial charge is 0.481 e. The predicted molar refractivity (Wildman–Crippen MR) is 130 cm³/mol. The van der Waals surface area contributed by atoms with E-state index in [2.05, 4.69) is 55.4 Å². The zero-order valence-corrected chi connectivity index (χ0v) is 25.3. The van der Waals surface area contributed by atoms with Crippen molar-refractivity contribution in [3.63, 3.8) is 0 Å². The van der Waals surface area contributed by atoms with E-state index < -0.39 is 11.9 Å². The average molecular weight is 575 g/mol. The molecule has 4 nitrogen and oxygen atoms in total. The Morgan fingerprint density at radius 3 is 1.03 bits per heavy atom. The van der Waals surface area contributed by atoms with Crippen LogP contribution in [0, 0.1) is 51.7 Å². The van der Waals surface area contributed by atoms with E-state index in [4.69, 9.17) is 10.2 Å². The van der Waals surface area contributed by atoms with Gasteiger partial charge >= 0.3 is 11.9 Å². The van der Waals surface area contributed by atoms with E-state index in [0.717, 1.165) is 38.5 Å². The molecule has 0 spiro atoms. The molecule has 0 saturated heterocycles. The van der Waals surface area contributed by atoms with Crippen LogP contribution in [0.25, 0.3) is 0 Å². The number of hydrogen-bond donors (Lipinski definition) is 2. The van der Waals surface area contributed by atoms with Crippen LogP contribution in [0.5, 0.6) is 0 Å². The molecule has 0 heterocycles. The van der Waals surface area contributed by atoms with Crippen LogP contribution < -0.4 is 0 Å². The summed E-state index contributed by atoms with van der Waals surface area (Å²) in [6.45, 7) is 17.7. The third-order valence-electron chi connectivity index (χ3n) is 4.59. The van der Waals surface area contributed by atoms with Gasteiger partial charge in [0.1, 0.15) is 0 Å². The molecule has 0 amide bonds. The predicted octanol–water partition coefficient (Wildman–Crippen LogP) is 8.72. The van der Waals surface area contributed by atoms with Crippen LogP contribution in [0.3, 0.4) is 0 Å². The van der Waals surface area contributed by atoms with Gasteiger partial charge in [-0.05, 0) is 36.5 Å². The zero-order chi connectivity index (χ0) is 24.1. The van der Waals surface area contributed by atoms with Crippen LogP contribution in [0.4, 0.5) is 0 Å². The van der Waals surface area contributed by atoms with E-state index in [9.17, 15) is 9.59 Å². The summed E-state index contributed by atoms with van der Waals surface area (Å²) in [4.78, 5) is 20.3. The van der Waals surface area contributed by atoms with Crippen molar-refractivity contribution in [3.8, 4) is 0 Å². The molecule has 0 aromatic carbocycles. The Bertz CT molecular complexity index is 357. The van der Waals surface area contributed by atoms with Crippen molar-refractivity contribution >= 4 is 11.9 Å². The second kappa shape index (κ2) is 24.9. The van der Waals surface area contributed by atoms with Gasteiger partial charge in [0.15, 0.2) is 0 Å². The first-order valence-corrected chi connectivity index (χ1v) is 12.2. The molecular weight excluding hydrogens is 521 g/mol. The number of unbranched alkanes of at least 4 members (excludes halogenated alkanes) is 7. The van der Waals surface area contributed by atoms with Gasteiger partial charge < -0.3 is 10.2 Å². The van der Waals surface area contributed by atoms with Gasteiger partial charge in [-0.25, -0.2) is 0 Å². The Balaban J connectivity index is -0.000000183. The third kappa shape index (κ3) is 53.5. The molecule has 0 aliphatic heterocycles. The number of rotatable bonds is 13. The van der Waals surface area contributed by atoms with E-state index >= 15 is 0 Å². The maximum absolute atomic E-state index is 10.2. The molecule has 0 rings (SSSR count). The van der Waals surface area contributed by atoms with Crippen molar-refractivity contribution in [1.29, 1.82) is 0 Å². The van der Waals surface area contributed by atoms with Crippen molar-refractivity contribution in [1.82, 2.24) is 0 Å². The summed E-state index contributed by atoms with van der Waals surface area (Å²) in [7, 11) is 0. The Kier molecular flexibility index (Phi) is 31.0. The minimum atomic E-state index is -0.675. The van der Waals surface area contributed by atoms with Gasteiger partial charge in [0, 0.05) is 53.7 Å². The van der Waals surface area contributed by atoms with E-state index in [1.54, 1.807) is 0 Å². The number of carbonyl (C=O) groups is 2. The minimum absolute atomic E-state index is 0. The fraction of sp³-hybridized carbons (Fsp3) is 0.923. The van der Waals surface area contributed by atoms with Crippen LogP contribution in [0.2, 0.25) is 0 Å². The van der Waals surface area contributed by atoms with Crippen LogP contribution in [-0.4, -0.2) is 22.2 Å². The first-order valence-electron chi connectivity index (χ1n) is 12.2. The van der Waals surface area contributed by atoms with Gasteiger partial charge in [-0.2, -0.15) is 0 Å². The summed E-state index contributed by atoms with van der Waals surface area (Å²) < 4.78 is 0. The quantitative estimate of drug-likeness (QED) is 0.216. The zero-order valence-electron chi connectivity index (χ0n) is 22.1. The molecule has 31 heavy (non-hydrogen) atoms. The molecule has 0 aromatic heterocycles. The van der Waals surface area contributed by atoms with Crippen LogP contribution in [0.15, 0.2) is 0 Å².